The van der Waals surface area contributed by atoms with Gasteiger partial charge in [-0.15, -0.1) is 0 Å². The summed E-state index contributed by atoms with van der Waals surface area (Å²) in [6.07, 6.45) is 0.914. The van der Waals surface area contributed by atoms with E-state index in [0.717, 1.165) is 29.0 Å². The summed E-state index contributed by atoms with van der Waals surface area (Å²) in [7, 11) is 0. The zero-order valence-electron chi connectivity index (χ0n) is 12.3. The van der Waals surface area contributed by atoms with Crippen LogP contribution in [0.2, 0.25) is 0 Å². The summed E-state index contributed by atoms with van der Waals surface area (Å²) in [6, 6.07) is 20.8. The molecular formula is C19H16ClNO. The highest BCUT2D eigenvalue weighted by molar-refractivity contribution is 6.06. The number of hydrogen-bond donors (Lipinski definition) is 0. The number of halogens is 1. The zero-order chi connectivity index (χ0) is 14.2. The van der Waals surface area contributed by atoms with Crippen LogP contribution in [0.25, 0.3) is 33.2 Å². The molecule has 2 aromatic carbocycles. The van der Waals surface area contributed by atoms with Gasteiger partial charge in [0.2, 0.25) is 17.0 Å². The fourth-order valence-electron chi connectivity index (χ4n) is 2.85. The Labute approximate surface area is 135 Å². The molecule has 0 fully saturated rings. The molecule has 3 heteroatoms. The Morgan fingerprint density at radius 2 is 1.64 bits per heavy atom. The number of rotatable bonds is 2. The van der Waals surface area contributed by atoms with Gasteiger partial charge in [-0.05, 0) is 18.2 Å². The highest BCUT2D eigenvalue weighted by Crippen LogP contribution is 2.31. The van der Waals surface area contributed by atoms with Crippen LogP contribution in [0.3, 0.4) is 0 Å². The molecule has 2 aromatic heterocycles. The van der Waals surface area contributed by atoms with E-state index in [1.807, 2.05) is 18.2 Å². The molecule has 0 aliphatic rings. The van der Waals surface area contributed by atoms with Crippen molar-refractivity contribution in [3.63, 3.8) is 0 Å². The second-order valence-electron chi connectivity index (χ2n) is 5.22. The lowest BCUT2D eigenvalue weighted by molar-refractivity contribution is -0.375. The average Bonchev–Trinajstić information content (AvgIpc) is 2.93. The van der Waals surface area contributed by atoms with Gasteiger partial charge in [-0.1, -0.05) is 43.3 Å². The molecule has 0 bridgehead atoms. The van der Waals surface area contributed by atoms with Crippen LogP contribution >= 0.6 is 0 Å². The molecule has 0 aliphatic heterocycles. The van der Waals surface area contributed by atoms with Crippen molar-refractivity contribution in [3.8, 4) is 11.3 Å². The van der Waals surface area contributed by atoms with Crippen molar-refractivity contribution >= 4 is 21.9 Å². The summed E-state index contributed by atoms with van der Waals surface area (Å²) >= 11 is 0. The van der Waals surface area contributed by atoms with Crippen LogP contribution < -0.4 is 17.4 Å². The molecule has 2 heterocycles. The van der Waals surface area contributed by atoms with Crippen molar-refractivity contribution in [2.24, 2.45) is 0 Å². The number of aromatic nitrogens is 1. The molecule has 0 unspecified atom stereocenters. The fraction of sp³-hybridized carbons (Fsp3) is 0.105. The SMILES string of the molecule is CCc1[nH+]c(-c2ccccc2)cc2c1oc1ccccc12.[Cl-]. The maximum absolute atomic E-state index is 6.03. The fourth-order valence-corrected chi connectivity index (χ4v) is 2.85. The minimum absolute atomic E-state index is 0. The predicted octanol–water partition coefficient (Wildman–Crippen LogP) is 1.63. The number of H-pyrrole nitrogens is 1. The lowest BCUT2D eigenvalue weighted by Gasteiger charge is -1.98. The highest BCUT2D eigenvalue weighted by Gasteiger charge is 2.18. The normalized spacial score (nSPS) is 10.8. The average molecular weight is 310 g/mol. The molecule has 2 nitrogen and oxygen atoms in total. The molecule has 0 radical (unpaired) electrons. The first kappa shape index (κ1) is 14.6. The van der Waals surface area contributed by atoms with Gasteiger partial charge < -0.3 is 16.8 Å². The number of furan rings is 1. The number of aromatic amines is 1. The number of fused-ring (bicyclic) bond motifs is 3. The zero-order valence-corrected chi connectivity index (χ0v) is 13.0. The third kappa shape index (κ3) is 2.26. The van der Waals surface area contributed by atoms with Crippen molar-refractivity contribution in [1.29, 1.82) is 0 Å². The Hall–Kier alpha value is -2.32. The van der Waals surface area contributed by atoms with E-state index in [9.17, 15) is 0 Å². The van der Waals surface area contributed by atoms with Crippen LogP contribution in [0, 0.1) is 0 Å². The van der Waals surface area contributed by atoms with Gasteiger partial charge in [0.05, 0.1) is 0 Å². The molecule has 0 atom stereocenters. The lowest BCUT2D eigenvalue weighted by atomic mass is 10.1. The van der Waals surface area contributed by atoms with Crippen LogP contribution in [-0.2, 0) is 6.42 Å². The predicted molar refractivity (Wildman–Crippen MR) is 85.1 cm³/mol. The molecule has 0 spiro atoms. The number of nitrogens with one attached hydrogen (secondary N) is 1. The maximum Gasteiger partial charge on any atom is 0.223 e. The summed E-state index contributed by atoms with van der Waals surface area (Å²) in [6.45, 7) is 2.15. The summed E-state index contributed by atoms with van der Waals surface area (Å²) in [4.78, 5) is 3.52. The van der Waals surface area contributed by atoms with Crippen molar-refractivity contribution in [2.75, 3.05) is 0 Å². The van der Waals surface area contributed by atoms with Crippen molar-refractivity contribution < 1.29 is 21.8 Å². The monoisotopic (exact) mass is 309 g/mol. The van der Waals surface area contributed by atoms with Crippen LogP contribution in [-0.4, -0.2) is 0 Å². The molecule has 0 saturated heterocycles. The number of hydrogen-bond acceptors (Lipinski definition) is 1. The van der Waals surface area contributed by atoms with Gasteiger partial charge in [0, 0.05) is 28.8 Å². The summed E-state index contributed by atoms with van der Waals surface area (Å²) in [5.41, 5.74) is 5.38. The first-order valence-corrected chi connectivity index (χ1v) is 7.28. The van der Waals surface area contributed by atoms with Gasteiger partial charge in [-0.3, -0.25) is 0 Å². The summed E-state index contributed by atoms with van der Waals surface area (Å²) in [5, 5.41) is 2.36. The molecule has 0 saturated carbocycles. The minimum atomic E-state index is 0. The first-order valence-electron chi connectivity index (χ1n) is 7.28. The van der Waals surface area contributed by atoms with Crippen molar-refractivity contribution in [1.82, 2.24) is 0 Å². The lowest BCUT2D eigenvalue weighted by Crippen LogP contribution is -3.00. The van der Waals surface area contributed by atoms with E-state index in [2.05, 4.69) is 54.4 Å². The van der Waals surface area contributed by atoms with Gasteiger partial charge in [0.1, 0.15) is 5.58 Å². The van der Waals surface area contributed by atoms with Gasteiger partial charge in [0.25, 0.3) is 0 Å². The maximum atomic E-state index is 6.03. The van der Waals surface area contributed by atoms with Crippen LogP contribution in [0.5, 0.6) is 0 Å². The van der Waals surface area contributed by atoms with Gasteiger partial charge in [-0.2, -0.15) is 0 Å². The van der Waals surface area contributed by atoms with E-state index in [0.29, 0.717) is 0 Å². The molecule has 110 valence electrons. The van der Waals surface area contributed by atoms with E-state index in [1.54, 1.807) is 0 Å². The van der Waals surface area contributed by atoms with Gasteiger partial charge in [0.15, 0.2) is 0 Å². The molecule has 0 amide bonds. The smallest absolute Gasteiger partial charge is 0.223 e. The molecule has 22 heavy (non-hydrogen) atoms. The summed E-state index contributed by atoms with van der Waals surface area (Å²) < 4.78 is 6.03. The first-order chi connectivity index (χ1) is 10.4. The number of benzene rings is 2. The quantitative estimate of drug-likeness (QED) is 0.553. The summed E-state index contributed by atoms with van der Waals surface area (Å²) in [5.74, 6) is 0. The van der Waals surface area contributed by atoms with Gasteiger partial charge >= 0.3 is 0 Å². The largest absolute Gasteiger partial charge is 1.00 e. The van der Waals surface area contributed by atoms with Crippen LogP contribution in [0.4, 0.5) is 0 Å². The Balaban J connectivity index is 0.00000144. The second-order valence-corrected chi connectivity index (χ2v) is 5.22. The van der Waals surface area contributed by atoms with E-state index < -0.39 is 0 Å². The number of aryl methyl sites for hydroxylation is 1. The van der Waals surface area contributed by atoms with E-state index in [4.69, 9.17) is 4.42 Å². The highest BCUT2D eigenvalue weighted by atomic mass is 35.5. The standard InChI is InChI=1S/C19H15NO.ClH/c1-2-16-19-15(14-10-6-7-11-18(14)21-19)12-17(20-16)13-8-4-3-5-9-13;/h3-12H,2H2,1H3;1H. The van der Waals surface area contributed by atoms with Crippen molar-refractivity contribution in [2.45, 2.75) is 13.3 Å². The Morgan fingerprint density at radius 1 is 0.909 bits per heavy atom. The Morgan fingerprint density at radius 3 is 2.41 bits per heavy atom. The molecule has 0 aliphatic carbocycles. The van der Waals surface area contributed by atoms with E-state index in [1.165, 1.54) is 16.3 Å². The molecule has 1 N–H and O–H groups in total. The van der Waals surface area contributed by atoms with Crippen LogP contribution in [0.1, 0.15) is 12.6 Å². The molecule has 4 rings (SSSR count). The van der Waals surface area contributed by atoms with Gasteiger partial charge in [-0.25, -0.2) is 4.98 Å². The Bertz CT molecular complexity index is 928. The minimum Gasteiger partial charge on any atom is -1.00 e. The second kappa shape index (κ2) is 5.82. The van der Waals surface area contributed by atoms with E-state index >= 15 is 0 Å². The number of para-hydroxylation sites is 1. The Kier molecular flexibility index (Phi) is 3.86. The van der Waals surface area contributed by atoms with Crippen LogP contribution in [0.15, 0.2) is 65.1 Å². The topological polar surface area (TPSA) is 27.3 Å². The van der Waals surface area contributed by atoms with Crippen molar-refractivity contribution in [3.05, 3.63) is 66.4 Å². The van der Waals surface area contributed by atoms with E-state index in [-0.39, 0.29) is 12.4 Å². The molecular weight excluding hydrogens is 294 g/mol. The molecule has 4 aromatic rings. The number of pyridine rings is 1. The third-order valence-electron chi connectivity index (χ3n) is 3.92. The third-order valence-corrected chi connectivity index (χ3v) is 3.92.